The van der Waals surface area contributed by atoms with Gasteiger partial charge in [0, 0.05) is 10.9 Å². The van der Waals surface area contributed by atoms with Crippen LogP contribution in [0.4, 0.5) is 4.79 Å². The largest absolute Gasteiger partial charge is 0.437 e. The molecule has 1 aromatic carbocycles. The highest BCUT2D eigenvalue weighted by atomic mass is 32.2. The minimum Gasteiger partial charge on any atom is -0.437 e. The first-order chi connectivity index (χ1) is 9.69. The molecule has 0 amide bonds. The summed E-state index contributed by atoms with van der Waals surface area (Å²) in [4.78, 5) is 12.0. The van der Waals surface area contributed by atoms with Gasteiger partial charge in [0.15, 0.2) is 0 Å². The Hall–Kier alpha value is -1.93. The zero-order valence-corrected chi connectivity index (χ0v) is 12.6. The van der Waals surface area contributed by atoms with Gasteiger partial charge in [-0.05, 0) is 13.8 Å². The number of aromatic nitrogens is 2. The third-order valence-corrected chi connectivity index (χ3v) is 3.90. The normalized spacial score (nSPS) is 17.0. The molecule has 2 heterocycles. The predicted molar refractivity (Wildman–Crippen MR) is 74.3 cm³/mol. The highest BCUT2D eigenvalue weighted by Gasteiger charge is 2.36. The lowest BCUT2D eigenvalue weighted by Crippen LogP contribution is -2.34. The molecule has 112 valence electrons. The van der Waals surface area contributed by atoms with Crippen LogP contribution in [0.5, 0.6) is 0 Å². The Morgan fingerprint density at radius 3 is 2.76 bits per heavy atom. The highest BCUT2D eigenvalue weighted by Crippen LogP contribution is 2.36. The third kappa shape index (κ3) is 2.30. The Labute approximate surface area is 121 Å². The van der Waals surface area contributed by atoms with E-state index in [0.29, 0.717) is 16.6 Å². The summed E-state index contributed by atoms with van der Waals surface area (Å²) in [5, 5.41) is 4.80. The summed E-state index contributed by atoms with van der Waals surface area (Å²) in [5.74, 6) is 0. The van der Waals surface area contributed by atoms with Gasteiger partial charge in [-0.3, -0.25) is 4.18 Å². The molecule has 3 rings (SSSR count). The van der Waals surface area contributed by atoms with Crippen molar-refractivity contribution in [2.45, 2.75) is 26.1 Å². The van der Waals surface area contributed by atoms with E-state index in [1.54, 1.807) is 19.9 Å². The Bertz CT molecular complexity index is 851. The van der Waals surface area contributed by atoms with Crippen LogP contribution in [0.25, 0.3) is 10.9 Å². The van der Waals surface area contributed by atoms with E-state index >= 15 is 0 Å². The molecular formula is C13H14N2O5S. The Kier molecular flexibility index (Phi) is 2.86. The number of cyclic esters (lactones) is 1. The molecule has 1 aromatic heterocycles. The number of benzene rings is 1. The second kappa shape index (κ2) is 4.28. The van der Waals surface area contributed by atoms with Crippen molar-refractivity contribution in [2.24, 2.45) is 0 Å². The lowest BCUT2D eigenvalue weighted by atomic mass is 9.94. The molecule has 21 heavy (non-hydrogen) atoms. The third-order valence-electron chi connectivity index (χ3n) is 3.35. The molecule has 2 aromatic rings. The quantitative estimate of drug-likeness (QED) is 0.803. The first kappa shape index (κ1) is 14.0. The zero-order chi connectivity index (χ0) is 15.4. The van der Waals surface area contributed by atoms with E-state index in [1.165, 1.54) is 0 Å². The molecular weight excluding hydrogens is 296 g/mol. The number of nitrogens with zero attached hydrogens (tertiary/aromatic N) is 2. The van der Waals surface area contributed by atoms with Gasteiger partial charge >= 0.3 is 6.09 Å². The fourth-order valence-electron chi connectivity index (χ4n) is 2.43. The number of rotatable bonds is 3. The first-order valence-corrected chi connectivity index (χ1v) is 8.09. The molecule has 7 nitrogen and oxygen atoms in total. The van der Waals surface area contributed by atoms with Crippen LogP contribution in [0.2, 0.25) is 0 Å². The molecule has 0 aliphatic carbocycles. The van der Waals surface area contributed by atoms with Crippen molar-refractivity contribution in [1.29, 1.82) is 0 Å². The van der Waals surface area contributed by atoms with Gasteiger partial charge in [0.25, 0.3) is 10.1 Å². The van der Waals surface area contributed by atoms with Crippen LogP contribution in [-0.4, -0.2) is 30.5 Å². The number of ether oxygens (including phenoxy) is 1. The Morgan fingerprint density at radius 2 is 2.10 bits per heavy atom. The molecule has 0 N–H and O–H groups in total. The Balaban J connectivity index is 2.19. The minimum absolute atomic E-state index is 0.223. The van der Waals surface area contributed by atoms with Gasteiger partial charge in [0.05, 0.1) is 17.5 Å². The highest BCUT2D eigenvalue weighted by molar-refractivity contribution is 7.85. The van der Waals surface area contributed by atoms with Gasteiger partial charge in [0.1, 0.15) is 12.2 Å². The fourth-order valence-corrected chi connectivity index (χ4v) is 2.76. The van der Waals surface area contributed by atoms with Crippen molar-refractivity contribution >= 4 is 27.1 Å². The number of hydrogen-bond donors (Lipinski definition) is 0. The van der Waals surface area contributed by atoms with Gasteiger partial charge in [-0.15, -0.1) is 0 Å². The van der Waals surface area contributed by atoms with E-state index in [4.69, 9.17) is 8.92 Å². The summed E-state index contributed by atoms with van der Waals surface area (Å²) in [6.07, 6.45) is 0.377. The number of carbonyl (C=O) groups is 1. The van der Waals surface area contributed by atoms with Gasteiger partial charge < -0.3 is 4.74 Å². The number of para-hydroxylation sites is 1. The molecule has 1 aliphatic rings. The van der Waals surface area contributed by atoms with Crippen molar-refractivity contribution in [3.63, 3.8) is 0 Å². The summed E-state index contributed by atoms with van der Waals surface area (Å²) in [7, 11) is -3.58. The molecule has 0 unspecified atom stereocenters. The number of carbonyl (C=O) groups excluding carboxylic acids is 1. The van der Waals surface area contributed by atoms with E-state index in [0.717, 1.165) is 16.5 Å². The lowest BCUT2D eigenvalue weighted by Gasteiger charge is -2.30. The molecule has 8 heteroatoms. The van der Waals surface area contributed by atoms with Crippen LogP contribution in [0, 0.1) is 0 Å². The molecule has 0 fully saturated rings. The van der Waals surface area contributed by atoms with Crippen LogP contribution < -0.4 is 0 Å². The maximum absolute atomic E-state index is 12.0. The molecule has 0 atom stereocenters. The molecule has 0 saturated heterocycles. The first-order valence-electron chi connectivity index (χ1n) is 6.28. The van der Waals surface area contributed by atoms with E-state index in [-0.39, 0.29) is 6.61 Å². The fraction of sp³-hybridized carbons (Fsp3) is 0.385. The summed E-state index contributed by atoms with van der Waals surface area (Å²) in [6.45, 7) is 3.37. The van der Waals surface area contributed by atoms with Gasteiger partial charge in [-0.1, -0.05) is 18.2 Å². The van der Waals surface area contributed by atoms with Gasteiger partial charge in [0.2, 0.25) is 0 Å². The van der Waals surface area contributed by atoms with Gasteiger partial charge in [-0.25, -0.2) is 4.79 Å². The van der Waals surface area contributed by atoms with Crippen LogP contribution in [-0.2, 0) is 31.2 Å². The maximum atomic E-state index is 12.0. The molecule has 0 radical (unpaired) electrons. The SMILES string of the molecule is CC1(C)OC(=O)n2nc(COS(C)(=O)=O)c3cccc1c32. The van der Waals surface area contributed by atoms with Gasteiger partial charge in [-0.2, -0.15) is 18.2 Å². The summed E-state index contributed by atoms with van der Waals surface area (Å²) < 4.78 is 33.5. The summed E-state index contributed by atoms with van der Waals surface area (Å²) >= 11 is 0. The second-order valence-corrected chi connectivity index (χ2v) is 7.05. The van der Waals surface area contributed by atoms with Crippen LogP contribution in [0.15, 0.2) is 18.2 Å². The van der Waals surface area contributed by atoms with Crippen LogP contribution in [0.3, 0.4) is 0 Å². The predicted octanol–water partition coefficient (Wildman–Crippen LogP) is 1.75. The van der Waals surface area contributed by atoms with Crippen molar-refractivity contribution in [3.05, 3.63) is 29.5 Å². The second-order valence-electron chi connectivity index (χ2n) is 5.40. The van der Waals surface area contributed by atoms with Crippen molar-refractivity contribution < 1.29 is 22.1 Å². The van der Waals surface area contributed by atoms with E-state index in [2.05, 4.69) is 5.10 Å². The average molecular weight is 310 g/mol. The molecule has 0 bridgehead atoms. The van der Waals surface area contributed by atoms with E-state index < -0.39 is 21.8 Å². The lowest BCUT2D eigenvalue weighted by molar-refractivity contribution is 0.0306. The molecule has 0 saturated carbocycles. The van der Waals surface area contributed by atoms with E-state index in [1.807, 2.05) is 12.1 Å². The summed E-state index contributed by atoms with van der Waals surface area (Å²) in [6, 6.07) is 5.45. The maximum Gasteiger partial charge on any atom is 0.436 e. The van der Waals surface area contributed by atoms with Crippen LogP contribution >= 0.6 is 0 Å². The average Bonchev–Trinajstić information content (AvgIpc) is 2.72. The summed E-state index contributed by atoms with van der Waals surface area (Å²) in [5.41, 5.74) is 1.07. The van der Waals surface area contributed by atoms with Crippen molar-refractivity contribution in [3.8, 4) is 0 Å². The smallest absolute Gasteiger partial charge is 0.436 e. The molecule has 0 spiro atoms. The minimum atomic E-state index is -3.58. The number of hydrogen-bond acceptors (Lipinski definition) is 6. The van der Waals surface area contributed by atoms with Crippen molar-refractivity contribution in [2.75, 3.05) is 6.26 Å². The van der Waals surface area contributed by atoms with Crippen molar-refractivity contribution in [1.82, 2.24) is 9.78 Å². The van der Waals surface area contributed by atoms with E-state index in [9.17, 15) is 13.2 Å². The standard InChI is InChI=1S/C13H14N2O5S/c1-13(2)9-6-4-5-8-10(7-19-21(3,17)18)14-15(11(8)9)12(16)20-13/h4-6H,7H2,1-3H3. The monoisotopic (exact) mass is 310 g/mol. The van der Waals surface area contributed by atoms with Crippen LogP contribution in [0.1, 0.15) is 25.1 Å². The Morgan fingerprint density at radius 1 is 1.38 bits per heavy atom. The molecule has 1 aliphatic heterocycles. The zero-order valence-electron chi connectivity index (χ0n) is 11.8. The topological polar surface area (TPSA) is 87.5 Å².